The molecular weight excluding hydrogens is 242 g/mol. The first-order chi connectivity index (χ1) is 9.06. The van der Waals surface area contributed by atoms with Gasteiger partial charge in [0.05, 0.1) is 6.04 Å². The van der Waals surface area contributed by atoms with Crippen LogP contribution in [0.25, 0.3) is 0 Å². The number of nitrogens with zero attached hydrogens (tertiary/aromatic N) is 5. The Kier molecular flexibility index (Phi) is 3.74. The number of anilines is 3. The molecule has 2 heterocycles. The lowest BCUT2D eigenvalue weighted by Crippen LogP contribution is -2.17. The van der Waals surface area contributed by atoms with Gasteiger partial charge in [-0.15, -0.1) is 0 Å². The van der Waals surface area contributed by atoms with Crippen molar-refractivity contribution in [1.82, 2.24) is 19.9 Å². The van der Waals surface area contributed by atoms with E-state index in [2.05, 4.69) is 25.3 Å². The third-order valence-corrected chi connectivity index (χ3v) is 2.57. The highest BCUT2D eigenvalue weighted by Crippen LogP contribution is 2.17. The summed E-state index contributed by atoms with van der Waals surface area (Å²) in [5.41, 5.74) is 6.72. The molecule has 0 aliphatic carbocycles. The summed E-state index contributed by atoms with van der Waals surface area (Å²) in [7, 11) is 3.70. The normalized spacial score (nSPS) is 11.9. The van der Waals surface area contributed by atoms with Crippen LogP contribution in [0.15, 0.2) is 24.5 Å². The van der Waals surface area contributed by atoms with Crippen LogP contribution in [0.3, 0.4) is 0 Å². The van der Waals surface area contributed by atoms with Crippen molar-refractivity contribution >= 4 is 17.8 Å². The van der Waals surface area contributed by atoms with E-state index < -0.39 is 0 Å². The van der Waals surface area contributed by atoms with Gasteiger partial charge in [0, 0.05) is 26.5 Å². The van der Waals surface area contributed by atoms with Gasteiger partial charge in [0.25, 0.3) is 0 Å². The van der Waals surface area contributed by atoms with Crippen LogP contribution in [-0.4, -0.2) is 34.0 Å². The Hall–Kier alpha value is -2.44. The standard InChI is InChI=1S/C12H17N7/c1-8(9-5-4-6-14-7-9)15-11-16-10(13)17-12(18-11)19(2)3/h4-8H,1-3H3,(H3,13,15,16,17,18). The van der Waals surface area contributed by atoms with E-state index >= 15 is 0 Å². The molecule has 0 saturated heterocycles. The minimum absolute atomic E-state index is 0.0329. The molecule has 0 amide bonds. The van der Waals surface area contributed by atoms with Gasteiger partial charge in [-0.25, -0.2) is 0 Å². The molecule has 3 N–H and O–H groups in total. The lowest BCUT2D eigenvalue weighted by atomic mass is 10.1. The van der Waals surface area contributed by atoms with Crippen LogP contribution in [-0.2, 0) is 0 Å². The van der Waals surface area contributed by atoms with Crippen molar-refractivity contribution < 1.29 is 0 Å². The van der Waals surface area contributed by atoms with E-state index in [1.807, 2.05) is 33.2 Å². The largest absolute Gasteiger partial charge is 0.368 e. The van der Waals surface area contributed by atoms with Gasteiger partial charge in [-0.05, 0) is 18.6 Å². The summed E-state index contributed by atoms with van der Waals surface area (Å²) >= 11 is 0. The second kappa shape index (κ2) is 5.47. The van der Waals surface area contributed by atoms with Crippen LogP contribution >= 0.6 is 0 Å². The van der Waals surface area contributed by atoms with Gasteiger partial charge in [-0.1, -0.05) is 6.07 Å². The van der Waals surface area contributed by atoms with Crippen LogP contribution in [0.2, 0.25) is 0 Å². The third-order valence-electron chi connectivity index (χ3n) is 2.57. The van der Waals surface area contributed by atoms with Gasteiger partial charge in [0.15, 0.2) is 0 Å². The molecule has 0 saturated carbocycles. The predicted octanol–water partition coefficient (Wildman–Crippen LogP) is 1.09. The molecule has 2 aromatic rings. The lowest BCUT2D eigenvalue weighted by molar-refractivity contribution is 0.843. The first-order valence-electron chi connectivity index (χ1n) is 5.91. The van der Waals surface area contributed by atoms with E-state index in [4.69, 9.17) is 5.73 Å². The van der Waals surface area contributed by atoms with Crippen LogP contribution in [0.4, 0.5) is 17.8 Å². The Morgan fingerprint density at radius 2 is 2.05 bits per heavy atom. The van der Waals surface area contributed by atoms with Crippen LogP contribution in [0.1, 0.15) is 18.5 Å². The van der Waals surface area contributed by atoms with Gasteiger partial charge in [-0.2, -0.15) is 15.0 Å². The van der Waals surface area contributed by atoms with Gasteiger partial charge >= 0.3 is 0 Å². The highest BCUT2D eigenvalue weighted by molar-refractivity contribution is 5.42. The average Bonchev–Trinajstić information content (AvgIpc) is 2.39. The summed E-state index contributed by atoms with van der Waals surface area (Å²) in [5, 5.41) is 3.19. The second-order valence-corrected chi connectivity index (χ2v) is 4.36. The van der Waals surface area contributed by atoms with Crippen molar-refractivity contribution in [2.24, 2.45) is 0 Å². The zero-order valence-electron chi connectivity index (χ0n) is 11.2. The Labute approximate surface area is 111 Å². The van der Waals surface area contributed by atoms with Crippen LogP contribution in [0, 0.1) is 0 Å². The molecule has 100 valence electrons. The van der Waals surface area contributed by atoms with E-state index in [0.717, 1.165) is 5.56 Å². The first-order valence-corrected chi connectivity index (χ1v) is 5.91. The van der Waals surface area contributed by atoms with Gasteiger partial charge in [-0.3, -0.25) is 4.98 Å². The van der Waals surface area contributed by atoms with Crippen molar-refractivity contribution in [3.63, 3.8) is 0 Å². The fraction of sp³-hybridized carbons (Fsp3) is 0.333. The summed E-state index contributed by atoms with van der Waals surface area (Å²) < 4.78 is 0. The molecule has 0 bridgehead atoms. The van der Waals surface area contributed by atoms with Gasteiger partial charge in [0.2, 0.25) is 17.8 Å². The maximum Gasteiger partial charge on any atom is 0.231 e. The fourth-order valence-corrected chi connectivity index (χ4v) is 1.55. The summed E-state index contributed by atoms with van der Waals surface area (Å²) in [5.74, 6) is 1.17. The van der Waals surface area contributed by atoms with Crippen LogP contribution < -0.4 is 16.0 Å². The quantitative estimate of drug-likeness (QED) is 0.848. The Morgan fingerprint density at radius 3 is 2.68 bits per heavy atom. The number of hydrogen-bond acceptors (Lipinski definition) is 7. The summed E-state index contributed by atoms with van der Waals surface area (Å²) in [6.07, 6.45) is 3.54. The summed E-state index contributed by atoms with van der Waals surface area (Å²) in [6.45, 7) is 2.01. The monoisotopic (exact) mass is 259 g/mol. The minimum atomic E-state index is 0.0329. The zero-order valence-corrected chi connectivity index (χ0v) is 11.2. The first kappa shape index (κ1) is 13.0. The molecule has 2 rings (SSSR count). The van der Waals surface area contributed by atoms with Crippen molar-refractivity contribution in [3.05, 3.63) is 30.1 Å². The molecule has 2 aromatic heterocycles. The minimum Gasteiger partial charge on any atom is -0.368 e. The molecule has 7 heteroatoms. The van der Waals surface area contributed by atoms with E-state index in [9.17, 15) is 0 Å². The average molecular weight is 259 g/mol. The molecule has 0 spiro atoms. The number of nitrogens with two attached hydrogens (primary N) is 1. The zero-order chi connectivity index (χ0) is 13.8. The molecule has 1 unspecified atom stereocenters. The topological polar surface area (TPSA) is 92.8 Å². The number of nitrogens with one attached hydrogen (secondary N) is 1. The van der Waals surface area contributed by atoms with E-state index in [1.165, 1.54) is 0 Å². The van der Waals surface area contributed by atoms with Crippen molar-refractivity contribution in [2.75, 3.05) is 30.0 Å². The SMILES string of the molecule is CC(Nc1nc(N)nc(N(C)C)n1)c1cccnc1. The van der Waals surface area contributed by atoms with E-state index in [1.54, 1.807) is 17.3 Å². The van der Waals surface area contributed by atoms with E-state index in [-0.39, 0.29) is 12.0 Å². The Morgan fingerprint density at radius 1 is 1.26 bits per heavy atom. The Balaban J connectivity index is 2.19. The molecule has 19 heavy (non-hydrogen) atoms. The van der Waals surface area contributed by atoms with Crippen molar-refractivity contribution in [1.29, 1.82) is 0 Å². The maximum atomic E-state index is 5.67. The van der Waals surface area contributed by atoms with Crippen molar-refractivity contribution in [2.45, 2.75) is 13.0 Å². The molecule has 7 nitrogen and oxygen atoms in total. The Bertz CT molecular complexity index is 541. The fourth-order valence-electron chi connectivity index (χ4n) is 1.55. The maximum absolute atomic E-state index is 5.67. The molecule has 0 radical (unpaired) electrons. The van der Waals surface area contributed by atoms with Gasteiger partial charge in [0.1, 0.15) is 0 Å². The highest BCUT2D eigenvalue weighted by atomic mass is 15.3. The molecule has 0 fully saturated rings. The molecule has 0 aromatic carbocycles. The highest BCUT2D eigenvalue weighted by Gasteiger charge is 2.10. The summed E-state index contributed by atoms with van der Waals surface area (Å²) in [6, 6.07) is 3.91. The predicted molar refractivity (Wildman–Crippen MR) is 74.8 cm³/mol. The molecule has 1 atom stereocenters. The number of nitrogen functional groups attached to an aromatic ring is 1. The third kappa shape index (κ3) is 3.27. The number of pyridine rings is 1. The molecular formula is C12H17N7. The van der Waals surface area contributed by atoms with E-state index in [0.29, 0.717) is 11.9 Å². The summed E-state index contributed by atoms with van der Waals surface area (Å²) in [4.78, 5) is 18.3. The lowest BCUT2D eigenvalue weighted by Gasteiger charge is -2.16. The number of hydrogen-bond donors (Lipinski definition) is 2. The number of aromatic nitrogens is 4. The molecule has 0 aliphatic rings. The smallest absolute Gasteiger partial charge is 0.231 e. The van der Waals surface area contributed by atoms with Crippen molar-refractivity contribution in [3.8, 4) is 0 Å². The molecule has 0 aliphatic heterocycles. The second-order valence-electron chi connectivity index (χ2n) is 4.36. The van der Waals surface area contributed by atoms with Gasteiger partial charge < -0.3 is 16.0 Å². The van der Waals surface area contributed by atoms with Crippen LogP contribution in [0.5, 0.6) is 0 Å². The number of rotatable bonds is 4.